The first-order valence-electron chi connectivity index (χ1n) is 16.2. The lowest BCUT2D eigenvalue weighted by Gasteiger charge is -2.36. The molecule has 0 radical (unpaired) electrons. The van der Waals surface area contributed by atoms with E-state index < -0.39 is 0 Å². The second kappa shape index (κ2) is 14.1. The minimum atomic E-state index is -0.360. The van der Waals surface area contributed by atoms with Crippen LogP contribution in [0.15, 0.2) is 84.9 Å². The van der Waals surface area contributed by atoms with Gasteiger partial charge in [-0.2, -0.15) is 0 Å². The van der Waals surface area contributed by atoms with Crippen molar-refractivity contribution in [2.75, 3.05) is 56.6 Å². The smallest absolute Gasteiger partial charge is 0.338 e. The molecule has 0 atom stereocenters. The van der Waals surface area contributed by atoms with Crippen LogP contribution in [0.25, 0.3) is 33.5 Å². The number of hydrogen-bond acceptors (Lipinski definition) is 8. The van der Waals surface area contributed by atoms with Gasteiger partial charge in [-0.1, -0.05) is 54.1 Å². The molecule has 9 nitrogen and oxygen atoms in total. The van der Waals surface area contributed by atoms with Gasteiger partial charge < -0.3 is 24.7 Å². The van der Waals surface area contributed by atoms with Crippen molar-refractivity contribution >= 4 is 34.3 Å². The molecule has 4 aromatic carbocycles. The molecule has 2 heterocycles. The maximum Gasteiger partial charge on any atom is 0.338 e. The molecule has 0 bridgehead atoms. The second-order valence-corrected chi connectivity index (χ2v) is 11.8. The Balaban J connectivity index is 1.20. The molecule has 1 fully saturated rings. The number of aryl methyl sites for hydroxylation is 1. The highest BCUT2D eigenvalue weighted by molar-refractivity contribution is 5.94. The lowest BCUT2D eigenvalue weighted by molar-refractivity contribution is 0.0517. The zero-order chi connectivity index (χ0) is 32.9. The Labute approximate surface area is 275 Å². The highest BCUT2D eigenvalue weighted by Crippen LogP contribution is 2.30. The number of benzene rings is 4. The number of carbonyl (C=O) groups excluding carboxylic acids is 2. The molecule has 6 rings (SSSR count). The van der Waals surface area contributed by atoms with Gasteiger partial charge in [-0.05, 0) is 68.3 Å². The normalized spacial score (nSPS) is 13.6. The molecule has 1 aliphatic rings. The number of imidazole rings is 1. The van der Waals surface area contributed by atoms with Crippen LogP contribution in [0.4, 0.5) is 11.4 Å². The van der Waals surface area contributed by atoms with Gasteiger partial charge in [0.1, 0.15) is 5.82 Å². The van der Waals surface area contributed by atoms with Crippen LogP contribution >= 0.6 is 0 Å². The Kier molecular flexibility index (Phi) is 9.54. The van der Waals surface area contributed by atoms with Crippen molar-refractivity contribution in [3.8, 4) is 22.5 Å². The van der Waals surface area contributed by atoms with Gasteiger partial charge >= 0.3 is 11.9 Å². The molecule has 1 saturated heterocycles. The molecule has 9 heteroatoms. The zero-order valence-electron chi connectivity index (χ0n) is 27.2. The molecule has 0 spiro atoms. The van der Waals surface area contributed by atoms with E-state index in [-0.39, 0.29) is 11.9 Å². The van der Waals surface area contributed by atoms with Gasteiger partial charge in [0.2, 0.25) is 0 Å². The van der Waals surface area contributed by atoms with Crippen LogP contribution in [-0.4, -0.2) is 72.3 Å². The third-order valence-electron chi connectivity index (χ3n) is 8.68. The van der Waals surface area contributed by atoms with E-state index in [0.717, 1.165) is 72.9 Å². The topological polar surface area (TPSA) is 103 Å². The monoisotopic (exact) mass is 631 g/mol. The number of ether oxygens (including phenoxy) is 2. The van der Waals surface area contributed by atoms with Crippen molar-refractivity contribution in [1.82, 2.24) is 14.5 Å². The Hall–Kier alpha value is -5.15. The fourth-order valence-corrected chi connectivity index (χ4v) is 6.11. The van der Waals surface area contributed by atoms with Gasteiger partial charge in [-0.25, -0.2) is 14.6 Å². The predicted molar refractivity (Wildman–Crippen MR) is 187 cm³/mol. The number of aromatic nitrogens is 2. The number of anilines is 2. The SMILES string of the molecule is CCOC(=O)c1ccc(N2CCN(CCn3c(-c4ccc(-c5ccc(C)cc5)cc4)nc4cc(C(=O)OCC)ccc43)CC2)c(N)c1. The second-order valence-electron chi connectivity index (χ2n) is 11.8. The summed E-state index contributed by atoms with van der Waals surface area (Å²) in [4.78, 5) is 34.4. The summed E-state index contributed by atoms with van der Waals surface area (Å²) in [7, 11) is 0. The van der Waals surface area contributed by atoms with E-state index >= 15 is 0 Å². The summed E-state index contributed by atoms with van der Waals surface area (Å²) in [5.74, 6) is 0.160. The first kappa shape index (κ1) is 31.8. The van der Waals surface area contributed by atoms with Crippen molar-refractivity contribution in [2.24, 2.45) is 0 Å². The third kappa shape index (κ3) is 7.00. The van der Waals surface area contributed by atoms with E-state index in [2.05, 4.69) is 69.8 Å². The minimum Gasteiger partial charge on any atom is -0.462 e. The number of piperazine rings is 1. The predicted octanol–water partition coefficient (Wildman–Crippen LogP) is 6.44. The molecule has 2 N–H and O–H groups in total. The highest BCUT2D eigenvalue weighted by atomic mass is 16.5. The quantitative estimate of drug-likeness (QED) is 0.139. The number of nitrogens with two attached hydrogens (primary N) is 1. The number of nitrogen functional groups attached to an aromatic ring is 1. The van der Waals surface area contributed by atoms with Crippen LogP contribution in [-0.2, 0) is 16.0 Å². The summed E-state index contributed by atoms with van der Waals surface area (Å²) in [6.07, 6.45) is 0. The number of esters is 2. The van der Waals surface area contributed by atoms with E-state index in [1.807, 2.05) is 24.3 Å². The molecule has 0 aliphatic carbocycles. The summed E-state index contributed by atoms with van der Waals surface area (Å²) >= 11 is 0. The summed E-state index contributed by atoms with van der Waals surface area (Å²) in [6.45, 7) is 11.3. The van der Waals surface area contributed by atoms with E-state index in [9.17, 15) is 9.59 Å². The number of fused-ring (bicyclic) bond motifs is 1. The highest BCUT2D eigenvalue weighted by Gasteiger charge is 2.21. The molecule has 0 amide bonds. The maximum atomic E-state index is 12.5. The van der Waals surface area contributed by atoms with Crippen molar-refractivity contribution in [1.29, 1.82) is 0 Å². The average molecular weight is 632 g/mol. The van der Waals surface area contributed by atoms with E-state index in [0.29, 0.717) is 30.0 Å². The average Bonchev–Trinajstić information content (AvgIpc) is 3.46. The summed E-state index contributed by atoms with van der Waals surface area (Å²) in [5.41, 5.74) is 15.1. The van der Waals surface area contributed by atoms with E-state index in [1.165, 1.54) is 11.1 Å². The number of rotatable bonds is 10. The Morgan fingerprint density at radius 3 is 1.91 bits per heavy atom. The molecule has 0 saturated carbocycles. The third-order valence-corrected chi connectivity index (χ3v) is 8.68. The van der Waals surface area contributed by atoms with E-state index in [4.69, 9.17) is 20.2 Å². The molecular weight excluding hydrogens is 590 g/mol. The molecule has 0 unspecified atom stereocenters. The van der Waals surface area contributed by atoms with Gasteiger partial charge in [0.15, 0.2) is 0 Å². The van der Waals surface area contributed by atoms with Gasteiger partial charge in [0, 0.05) is 44.8 Å². The molecule has 1 aliphatic heterocycles. The zero-order valence-corrected chi connectivity index (χ0v) is 27.2. The lowest BCUT2D eigenvalue weighted by Crippen LogP contribution is -2.47. The first-order chi connectivity index (χ1) is 22.8. The van der Waals surface area contributed by atoms with Crippen LogP contribution in [0.2, 0.25) is 0 Å². The molecule has 242 valence electrons. The molecule has 5 aromatic rings. The molecule has 47 heavy (non-hydrogen) atoms. The molecular formula is C38H41N5O4. The number of carbonyl (C=O) groups is 2. The van der Waals surface area contributed by atoms with Crippen LogP contribution < -0.4 is 10.6 Å². The fraction of sp³-hybridized carbons (Fsp3) is 0.289. The summed E-state index contributed by atoms with van der Waals surface area (Å²) in [6, 6.07) is 28.1. The largest absolute Gasteiger partial charge is 0.462 e. The van der Waals surface area contributed by atoms with Gasteiger partial charge in [0.25, 0.3) is 0 Å². The van der Waals surface area contributed by atoms with Crippen molar-refractivity contribution in [3.05, 3.63) is 102 Å². The maximum absolute atomic E-state index is 12.5. The Morgan fingerprint density at radius 2 is 1.30 bits per heavy atom. The fourth-order valence-electron chi connectivity index (χ4n) is 6.11. The number of hydrogen-bond donors (Lipinski definition) is 1. The summed E-state index contributed by atoms with van der Waals surface area (Å²) in [5, 5.41) is 0. The lowest BCUT2D eigenvalue weighted by atomic mass is 10.0. The van der Waals surface area contributed by atoms with Gasteiger partial charge in [-0.15, -0.1) is 0 Å². The van der Waals surface area contributed by atoms with Crippen molar-refractivity contribution in [3.63, 3.8) is 0 Å². The van der Waals surface area contributed by atoms with Crippen LogP contribution in [0.3, 0.4) is 0 Å². The Morgan fingerprint density at radius 1 is 0.723 bits per heavy atom. The van der Waals surface area contributed by atoms with Crippen LogP contribution in [0.5, 0.6) is 0 Å². The van der Waals surface area contributed by atoms with Crippen LogP contribution in [0, 0.1) is 6.92 Å². The molecule has 1 aromatic heterocycles. The van der Waals surface area contributed by atoms with Gasteiger partial charge in [0.05, 0.1) is 46.7 Å². The standard InChI is InChI=1S/C38H41N5O4/c1-4-46-37(44)30-14-16-34(32(39)24-30)42-21-18-41(19-22-42)20-23-43-35-17-15-31(38(45)47-5-2)25-33(35)40-36(43)29-12-10-28(11-13-29)27-8-6-26(3)7-9-27/h6-17,24-25H,4-5,18-23,39H2,1-3H3. The van der Waals surface area contributed by atoms with Crippen LogP contribution in [0.1, 0.15) is 40.1 Å². The summed E-state index contributed by atoms with van der Waals surface area (Å²) < 4.78 is 12.6. The van der Waals surface area contributed by atoms with Crippen molar-refractivity contribution in [2.45, 2.75) is 27.3 Å². The number of nitrogens with zero attached hydrogens (tertiary/aromatic N) is 4. The Bertz CT molecular complexity index is 1870. The van der Waals surface area contributed by atoms with Crippen molar-refractivity contribution < 1.29 is 19.1 Å². The first-order valence-corrected chi connectivity index (χ1v) is 16.2. The van der Waals surface area contributed by atoms with Gasteiger partial charge in [-0.3, -0.25) is 4.90 Å². The van der Waals surface area contributed by atoms with E-state index in [1.54, 1.807) is 26.0 Å². The minimum absolute atomic E-state index is 0.322.